The number of halogens is 1. The molecule has 204 valence electrons. The number of fused-ring (bicyclic) bond motifs is 1. The summed E-state index contributed by atoms with van der Waals surface area (Å²) < 4.78 is 5.43. The Bertz CT molecular complexity index is 1910. The minimum Gasteiger partial charge on any atom is -0.342 e. The molecule has 7 rings (SSSR count). The van der Waals surface area contributed by atoms with Crippen LogP contribution >= 0.6 is 11.6 Å². The van der Waals surface area contributed by atoms with E-state index in [1.807, 2.05) is 72.5 Å². The van der Waals surface area contributed by atoms with Crippen molar-refractivity contribution in [2.45, 2.75) is 25.6 Å². The number of hydrogen-bond acceptors (Lipinski definition) is 4. The Labute approximate surface area is 241 Å². The number of amides is 2. The van der Waals surface area contributed by atoms with Crippen molar-refractivity contribution < 1.29 is 9.59 Å². The Morgan fingerprint density at radius 2 is 1.85 bits per heavy atom. The van der Waals surface area contributed by atoms with Crippen LogP contribution in [0.5, 0.6) is 0 Å². The van der Waals surface area contributed by atoms with E-state index in [-0.39, 0.29) is 11.8 Å². The average Bonchev–Trinajstić information content (AvgIpc) is 3.64. The van der Waals surface area contributed by atoms with Crippen molar-refractivity contribution in [3.05, 3.63) is 100 Å². The summed E-state index contributed by atoms with van der Waals surface area (Å²) in [5.74, 6) is 6.05. The molecule has 0 aliphatic carbocycles. The van der Waals surface area contributed by atoms with E-state index in [2.05, 4.69) is 22.0 Å². The summed E-state index contributed by atoms with van der Waals surface area (Å²) in [7, 11) is 3.62. The third-order valence-electron chi connectivity index (χ3n) is 7.87. The van der Waals surface area contributed by atoms with Gasteiger partial charge in [-0.2, -0.15) is 10.2 Å². The van der Waals surface area contributed by atoms with Crippen LogP contribution in [0, 0.1) is 11.8 Å². The minimum absolute atomic E-state index is 0.143. The largest absolute Gasteiger partial charge is 0.342 e. The second-order valence-corrected chi connectivity index (χ2v) is 10.8. The van der Waals surface area contributed by atoms with Gasteiger partial charge in [0.05, 0.1) is 41.6 Å². The summed E-state index contributed by atoms with van der Waals surface area (Å²) in [6.45, 7) is 1.15. The highest BCUT2D eigenvalue weighted by Crippen LogP contribution is 2.35. The normalized spacial score (nSPS) is 16.5. The molecule has 2 aliphatic heterocycles. The topological polar surface area (TPSA) is 81.2 Å². The number of aromatic nitrogens is 5. The van der Waals surface area contributed by atoms with Crippen molar-refractivity contribution in [3.63, 3.8) is 0 Å². The van der Waals surface area contributed by atoms with Gasteiger partial charge in [-0.15, -0.1) is 0 Å². The maximum Gasteiger partial charge on any atom is 0.275 e. The third kappa shape index (κ3) is 4.19. The Morgan fingerprint density at radius 1 is 1.02 bits per heavy atom. The molecule has 0 unspecified atom stereocenters. The molecular weight excluding hydrogens is 538 g/mol. The van der Waals surface area contributed by atoms with Crippen LogP contribution in [0.2, 0.25) is 5.15 Å². The first-order valence-electron chi connectivity index (χ1n) is 13.4. The number of carbonyl (C=O) groups excluding carboxylic acids is 2. The summed E-state index contributed by atoms with van der Waals surface area (Å²) >= 11 is 6.69. The molecule has 0 fully saturated rings. The quantitative estimate of drug-likeness (QED) is 0.313. The van der Waals surface area contributed by atoms with Gasteiger partial charge in [0.25, 0.3) is 11.8 Å². The molecular formula is C31H26ClN7O2. The molecule has 41 heavy (non-hydrogen) atoms. The molecule has 5 heterocycles. The molecule has 2 aromatic carbocycles. The molecule has 0 saturated heterocycles. The molecule has 10 heteroatoms. The lowest BCUT2D eigenvalue weighted by Gasteiger charge is -2.34. The molecule has 3 aromatic heterocycles. The Balaban J connectivity index is 1.23. The van der Waals surface area contributed by atoms with Gasteiger partial charge in [-0.25, -0.2) is 4.68 Å². The zero-order valence-corrected chi connectivity index (χ0v) is 23.3. The van der Waals surface area contributed by atoms with Gasteiger partial charge < -0.3 is 14.4 Å². The average molecular weight is 564 g/mol. The molecule has 1 atom stereocenters. The number of nitrogens with zero attached hydrogens (tertiary/aromatic N) is 7. The van der Waals surface area contributed by atoms with E-state index in [1.54, 1.807) is 32.4 Å². The SMILES string of the molecule is CN1C(=O)[C@@H](N2CCc3c(nn(Cc4ccccc4)c3Cl)C2=O)Cn2cc(C#Cc3cnn(C)c3)c3cccc1c32. The van der Waals surface area contributed by atoms with Crippen LogP contribution in [-0.4, -0.2) is 60.5 Å². The number of likely N-dealkylation sites (N-methyl/N-ethyl adjacent to an activating group) is 1. The first kappa shape index (κ1) is 25.2. The number of carbonyl (C=O) groups is 2. The lowest BCUT2D eigenvalue weighted by atomic mass is 10.0. The zero-order valence-electron chi connectivity index (χ0n) is 22.6. The fourth-order valence-electron chi connectivity index (χ4n) is 5.82. The zero-order chi connectivity index (χ0) is 28.2. The van der Waals surface area contributed by atoms with E-state index in [1.165, 1.54) is 0 Å². The van der Waals surface area contributed by atoms with E-state index < -0.39 is 6.04 Å². The van der Waals surface area contributed by atoms with Gasteiger partial charge in [-0.3, -0.25) is 14.3 Å². The standard InChI is InChI=1S/C31H26ClN7O2/c1-35-16-21(15-33-35)11-12-22-18-37-19-26(30(40)36(2)25-10-6-9-23(22)28(25)37)38-14-13-24-27(31(38)41)34-39(29(24)32)17-20-7-4-3-5-8-20/h3-10,15-16,18,26H,13-14,17,19H2,1-2H3/t26-/m0/s1. The molecule has 0 N–H and O–H groups in total. The maximum atomic E-state index is 13.9. The summed E-state index contributed by atoms with van der Waals surface area (Å²) in [6, 6.07) is 15.0. The highest BCUT2D eigenvalue weighted by atomic mass is 35.5. The summed E-state index contributed by atoms with van der Waals surface area (Å²) in [4.78, 5) is 31.0. The van der Waals surface area contributed by atoms with Crippen LogP contribution in [0.25, 0.3) is 10.9 Å². The number of rotatable bonds is 3. The van der Waals surface area contributed by atoms with Crippen molar-refractivity contribution in [2.75, 3.05) is 18.5 Å². The van der Waals surface area contributed by atoms with Crippen molar-refractivity contribution in [1.82, 2.24) is 29.0 Å². The smallest absolute Gasteiger partial charge is 0.275 e. The van der Waals surface area contributed by atoms with E-state index >= 15 is 0 Å². The lowest BCUT2D eigenvalue weighted by Crippen LogP contribution is -2.53. The van der Waals surface area contributed by atoms with Crippen molar-refractivity contribution >= 4 is 40.0 Å². The Kier molecular flexibility index (Phi) is 5.94. The van der Waals surface area contributed by atoms with E-state index in [4.69, 9.17) is 11.6 Å². The molecule has 0 bridgehead atoms. The molecule has 0 spiro atoms. The van der Waals surface area contributed by atoms with Gasteiger partial charge in [0.15, 0.2) is 5.69 Å². The first-order valence-corrected chi connectivity index (χ1v) is 13.8. The predicted octanol–water partition coefficient (Wildman–Crippen LogP) is 3.72. The highest BCUT2D eigenvalue weighted by Gasteiger charge is 2.40. The van der Waals surface area contributed by atoms with Crippen LogP contribution in [0.15, 0.2) is 67.1 Å². The third-order valence-corrected chi connectivity index (χ3v) is 8.29. The summed E-state index contributed by atoms with van der Waals surface area (Å²) in [5.41, 5.74) is 5.46. The van der Waals surface area contributed by atoms with Crippen LogP contribution < -0.4 is 4.90 Å². The van der Waals surface area contributed by atoms with Gasteiger partial charge in [-0.05, 0) is 18.1 Å². The number of para-hydroxylation sites is 1. The number of anilines is 1. The monoisotopic (exact) mass is 563 g/mol. The second kappa shape index (κ2) is 9.68. The summed E-state index contributed by atoms with van der Waals surface area (Å²) in [6.07, 6.45) is 6.10. The number of hydrogen-bond donors (Lipinski definition) is 0. The summed E-state index contributed by atoms with van der Waals surface area (Å²) in [5, 5.41) is 10.2. The van der Waals surface area contributed by atoms with Gasteiger partial charge in [-0.1, -0.05) is 65.9 Å². The molecule has 0 saturated carbocycles. The van der Waals surface area contributed by atoms with Crippen molar-refractivity contribution in [3.8, 4) is 11.8 Å². The molecule has 0 radical (unpaired) electrons. The van der Waals surface area contributed by atoms with E-state index in [9.17, 15) is 9.59 Å². The lowest BCUT2D eigenvalue weighted by molar-refractivity contribution is -0.123. The Hall–Kier alpha value is -4.81. The van der Waals surface area contributed by atoms with Gasteiger partial charge in [0.1, 0.15) is 11.2 Å². The fourth-order valence-corrected chi connectivity index (χ4v) is 6.10. The van der Waals surface area contributed by atoms with E-state index in [0.717, 1.165) is 38.8 Å². The molecule has 2 aliphatic rings. The van der Waals surface area contributed by atoms with Crippen molar-refractivity contribution in [2.24, 2.45) is 7.05 Å². The van der Waals surface area contributed by atoms with E-state index in [0.29, 0.717) is 36.9 Å². The fraction of sp³-hybridized carbons (Fsp3) is 0.226. The van der Waals surface area contributed by atoms with Gasteiger partial charge >= 0.3 is 0 Å². The van der Waals surface area contributed by atoms with Crippen LogP contribution in [0.1, 0.15) is 32.7 Å². The predicted molar refractivity (Wildman–Crippen MR) is 156 cm³/mol. The van der Waals surface area contributed by atoms with Crippen LogP contribution in [0.4, 0.5) is 5.69 Å². The second-order valence-electron chi connectivity index (χ2n) is 10.4. The van der Waals surface area contributed by atoms with Gasteiger partial charge in [0.2, 0.25) is 0 Å². The number of aryl methyl sites for hydroxylation is 1. The van der Waals surface area contributed by atoms with Crippen LogP contribution in [0.3, 0.4) is 0 Å². The highest BCUT2D eigenvalue weighted by molar-refractivity contribution is 6.31. The maximum absolute atomic E-state index is 13.9. The van der Waals surface area contributed by atoms with Crippen LogP contribution in [-0.2, 0) is 31.4 Å². The Morgan fingerprint density at radius 3 is 2.63 bits per heavy atom. The molecule has 5 aromatic rings. The number of benzene rings is 2. The van der Waals surface area contributed by atoms with Crippen molar-refractivity contribution in [1.29, 1.82) is 0 Å². The molecule has 9 nitrogen and oxygen atoms in total. The molecule has 2 amide bonds. The minimum atomic E-state index is -0.708. The van der Waals surface area contributed by atoms with Gasteiger partial charge in [0, 0.05) is 44.0 Å². The first-order chi connectivity index (χ1) is 19.9.